The topological polar surface area (TPSA) is 57.5 Å². The highest BCUT2D eigenvalue weighted by atomic mass is 16.4. The van der Waals surface area contributed by atoms with Gasteiger partial charge in [0.15, 0.2) is 0 Å². The molecule has 0 aromatic heterocycles. The summed E-state index contributed by atoms with van der Waals surface area (Å²) < 4.78 is 0. The van der Waals surface area contributed by atoms with Gasteiger partial charge in [-0.3, -0.25) is 4.79 Å². The van der Waals surface area contributed by atoms with Crippen LogP contribution in [-0.2, 0) is 4.79 Å². The standard InChI is InChI=1S/C18H36O3/c1-17(14-10-8-11-15-18(20)21)13-9-6-4-2-3-5-7-12-16-19/h17,19H,2-16H2,1H3,(H,20,21). The molecule has 1 atom stereocenters. The van der Waals surface area contributed by atoms with E-state index in [0.29, 0.717) is 13.0 Å². The first-order valence-electron chi connectivity index (χ1n) is 8.99. The van der Waals surface area contributed by atoms with Crippen molar-refractivity contribution in [2.75, 3.05) is 6.61 Å². The summed E-state index contributed by atoms with van der Waals surface area (Å²) in [6.45, 7) is 2.67. The van der Waals surface area contributed by atoms with E-state index in [9.17, 15) is 4.79 Å². The maximum absolute atomic E-state index is 10.4. The molecule has 0 rings (SSSR count). The highest BCUT2D eigenvalue weighted by Gasteiger charge is 2.03. The first-order valence-corrected chi connectivity index (χ1v) is 8.99. The number of carboxylic acids is 1. The Morgan fingerprint density at radius 2 is 1.19 bits per heavy atom. The summed E-state index contributed by atoms with van der Waals surface area (Å²) in [7, 11) is 0. The van der Waals surface area contributed by atoms with E-state index in [1.165, 1.54) is 64.2 Å². The fraction of sp³-hybridized carbons (Fsp3) is 0.944. The summed E-state index contributed by atoms with van der Waals surface area (Å²) in [5.74, 6) is 0.124. The van der Waals surface area contributed by atoms with Gasteiger partial charge < -0.3 is 10.2 Å². The Hall–Kier alpha value is -0.570. The molecular formula is C18H36O3. The number of carbonyl (C=O) groups is 1. The van der Waals surface area contributed by atoms with Crippen LogP contribution in [0, 0.1) is 5.92 Å². The molecule has 0 radical (unpaired) electrons. The van der Waals surface area contributed by atoms with Crippen molar-refractivity contribution < 1.29 is 15.0 Å². The summed E-state index contributed by atoms with van der Waals surface area (Å²) in [6.07, 6.45) is 16.1. The average molecular weight is 300 g/mol. The summed E-state index contributed by atoms with van der Waals surface area (Å²) in [6, 6.07) is 0. The predicted octanol–water partition coefficient (Wildman–Crippen LogP) is 5.16. The summed E-state index contributed by atoms with van der Waals surface area (Å²) in [4.78, 5) is 10.4. The van der Waals surface area contributed by atoms with Crippen LogP contribution in [0.25, 0.3) is 0 Å². The van der Waals surface area contributed by atoms with Crippen molar-refractivity contribution in [2.24, 2.45) is 5.92 Å². The number of aliphatic hydroxyl groups is 1. The molecule has 0 aromatic rings. The Morgan fingerprint density at radius 3 is 1.67 bits per heavy atom. The average Bonchev–Trinajstić information content (AvgIpc) is 2.45. The van der Waals surface area contributed by atoms with Gasteiger partial charge in [-0.1, -0.05) is 77.6 Å². The van der Waals surface area contributed by atoms with Gasteiger partial charge in [0.05, 0.1) is 0 Å². The van der Waals surface area contributed by atoms with Crippen LogP contribution in [0.2, 0.25) is 0 Å². The molecule has 3 heteroatoms. The van der Waals surface area contributed by atoms with Gasteiger partial charge in [-0.15, -0.1) is 0 Å². The summed E-state index contributed by atoms with van der Waals surface area (Å²) in [5, 5.41) is 17.2. The molecule has 0 fully saturated rings. The minimum atomic E-state index is -0.667. The number of aliphatic hydroxyl groups excluding tert-OH is 1. The minimum absolute atomic E-state index is 0.326. The molecule has 0 heterocycles. The lowest BCUT2D eigenvalue weighted by Gasteiger charge is -2.10. The highest BCUT2D eigenvalue weighted by molar-refractivity contribution is 5.66. The SMILES string of the molecule is CC(CCCCCCCCCCO)CCCCCC(=O)O. The molecule has 0 aliphatic carbocycles. The van der Waals surface area contributed by atoms with Gasteiger partial charge in [0.2, 0.25) is 0 Å². The summed E-state index contributed by atoms with van der Waals surface area (Å²) in [5.41, 5.74) is 0. The van der Waals surface area contributed by atoms with Crippen molar-refractivity contribution in [3.63, 3.8) is 0 Å². The lowest BCUT2D eigenvalue weighted by molar-refractivity contribution is -0.137. The van der Waals surface area contributed by atoms with E-state index in [1.807, 2.05) is 0 Å². The van der Waals surface area contributed by atoms with Crippen molar-refractivity contribution in [1.29, 1.82) is 0 Å². The van der Waals surface area contributed by atoms with Gasteiger partial charge in [0.1, 0.15) is 0 Å². The molecule has 126 valence electrons. The van der Waals surface area contributed by atoms with Gasteiger partial charge in [-0.25, -0.2) is 0 Å². The Bertz CT molecular complexity index is 229. The van der Waals surface area contributed by atoms with Crippen LogP contribution in [0.5, 0.6) is 0 Å². The van der Waals surface area contributed by atoms with Gasteiger partial charge in [-0.05, 0) is 18.8 Å². The second kappa shape index (κ2) is 15.8. The maximum Gasteiger partial charge on any atom is 0.303 e. The van der Waals surface area contributed by atoms with E-state index >= 15 is 0 Å². The molecule has 0 aliphatic rings. The van der Waals surface area contributed by atoms with E-state index in [1.54, 1.807) is 0 Å². The maximum atomic E-state index is 10.4. The first-order chi connectivity index (χ1) is 10.2. The number of carboxylic acid groups (broad SMARTS) is 1. The fourth-order valence-corrected chi connectivity index (χ4v) is 2.76. The van der Waals surface area contributed by atoms with Crippen LogP contribution < -0.4 is 0 Å². The zero-order chi connectivity index (χ0) is 15.8. The summed E-state index contributed by atoms with van der Waals surface area (Å²) >= 11 is 0. The van der Waals surface area contributed by atoms with Crippen molar-refractivity contribution in [2.45, 2.75) is 96.8 Å². The number of aliphatic carboxylic acids is 1. The van der Waals surface area contributed by atoms with Crippen molar-refractivity contribution in [1.82, 2.24) is 0 Å². The molecule has 0 aromatic carbocycles. The van der Waals surface area contributed by atoms with E-state index in [0.717, 1.165) is 25.2 Å². The lowest BCUT2D eigenvalue weighted by Crippen LogP contribution is -1.97. The quantitative estimate of drug-likeness (QED) is 0.387. The largest absolute Gasteiger partial charge is 0.481 e. The van der Waals surface area contributed by atoms with Crippen LogP contribution >= 0.6 is 0 Å². The molecule has 0 spiro atoms. The second-order valence-electron chi connectivity index (χ2n) is 6.44. The Morgan fingerprint density at radius 1 is 0.762 bits per heavy atom. The van der Waals surface area contributed by atoms with Crippen LogP contribution in [0.4, 0.5) is 0 Å². The highest BCUT2D eigenvalue weighted by Crippen LogP contribution is 2.18. The number of hydrogen-bond acceptors (Lipinski definition) is 2. The van der Waals surface area contributed by atoms with E-state index < -0.39 is 5.97 Å². The lowest BCUT2D eigenvalue weighted by atomic mass is 9.96. The van der Waals surface area contributed by atoms with Gasteiger partial charge in [-0.2, -0.15) is 0 Å². The molecule has 3 nitrogen and oxygen atoms in total. The van der Waals surface area contributed by atoms with Gasteiger partial charge >= 0.3 is 5.97 Å². The monoisotopic (exact) mass is 300 g/mol. The van der Waals surface area contributed by atoms with Crippen LogP contribution in [0.3, 0.4) is 0 Å². The van der Waals surface area contributed by atoms with Crippen LogP contribution in [-0.4, -0.2) is 22.8 Å². The zero-order valence-corrected chi connectivity index (χ0v) is 14.0. The molecule has 21 heavy (non-hydrogen) atoms. The molecule has 0 bridgehead atoms. The van der Waals surface area contributed by atoms with Crippen molar-refractivity contribution in [3.05, 3.63) is 0 Å². The van der Waals surface area contributed by atoms with E-state index in [4.69, 9.17) is 10.2 Å². The van der Waals surface area contributed by atoms with E-state index in [2.05, 4.69) is 6.92 Å². The zero-order valence-electron chi connectivity index (χ0n) is 14.0. The Kier molecular flexibility index (Phi) is 15.4. The van der Waals surface area contributed by atoms with Crippen molar-refractivity contribution >= 4 is 5.97 Å². The molecule has 0 aliphatic heterocycles. The first kappa shape index (κ1) is 20.4. The molecule has 2 N–H and O–H groups in total. The molecule has 1 unspecified atom stereocenters. The molecule has 0 amide bonds. The Labute approximate surface area is 131 Å². The Balaban J connectivity index is 3.15. The predicted molar refractivity (Wildman–Crippen MR) is 88.5 cm³/mol. The normalized spacial score (nSPS) is 12.5. The van der Waals surface area contributed by atoms with Crippen LogP contribution in [0.1, 0.15) is 96.8 Å². The van der Waals surface area contributed by atoms with Crippen LogP contribution in [0.15, 0.2) is 0 Å². The molecule has 0 saturated carbocycles. The third-order valence-electron chi connectivity index (χ3n) is 4.19. The number of hydrogen-bond donors (Lipinski definition) is 2. The molecule has 0 saturated heterocycles. The van der Waals surface area contributed by atoms with E-state index in [-0.39, 0.29) is 0 Å². The molecular weight excluding hydrogens is 264 g/mol. The third-order valence-corrected chi connectivity index (χ3v) is 4.19. The second-order valence-corrected chi connectivity index (χ2v) is 6.44. The van der Waals surface area contributed by atoms with Crippen molar-refractivity contribution in [3.8, 4) is 0 Å². The van der Waals surface area contributed by atoms with Gasteiger partial charge in [0.25, 0.3) is 0 Å². The smallest absolute Gasteiger partial charge is 0.303 e. The number of unbranched alkanes of at least 4 members (excludes halogenated alkanes) is 9. The minimum Gasteiger partial charge on any atom is -0.481 e. The fourth-order valence-electron chi connectivity index (χ4n) is 2.76. The van der Waals surface area contributed by atoms with Gasteiger partial charge in [0, 0.05) is 13.0 Å². The third kappa shape index (κ3) is 17.4. The number of rotatable bonds is 16.